The van der Waals surface area contributed by atoms with Crippen LogP contribution in [0.25, 0.3) is 0 Å². The third-order valence-corrected chi connectivity index (χ3v) is 3.14. The summed E-state index contributed by atoms with van der Waals surface area (Å²) in [4.78, 5) is 22.1. The zero-order chi connectivity index (χ0) is 16.8. The zero-order valence-corrected chi connectivity index (χ0v) is 12.1. The second kappa shape index (κ2) is 6.91. The molecular weight excluding hydrogens is 298 g/mol. The molecule has 9 heteroatoms. The molecule has 1 atom stereocenters. The summed E-state index contributed by atoms with van der Waals surface area (Å²) in [6, 6.07) is 9.58. The zero-order valence-electron chi connectivity index (χ0n) is 12.1. The summed E-state index contributed by atoms with van der Waals surface area (Å²) < 4.78 is 0. The summed E-state index contributed by atoms with van der Waals surface area (Å²) >= 11 is 0. The van der Waals surface area contributed by atoms with Gasteiger partial charge in [0.2, 0.25) is 11.6 Å². The maximum absolute atomic E-state index is 11.3. The predicted molar refractivity (Wildman–Crippen MR) is 81.8 cm³/mol. The van der Waals surface area contributed by atoms with Gasteiger partial charge in [-0.3, -0.25) is 4.79 Å². The Morgan fingerprint density at radius 3 is 2.52 bits per heavy atom. The Hall–Kier alpha value is -3.59. The molecule has 1 heterocycles. The summed E-state index contributed by atoms with van der Waals surface area (Å²) in [5, 5.41) is 28.2. The molecule has 1 aromatic rings. The van der Waals surface area contributed by atoms with Gasteiger partial charge in [0.15, 0.2) is 0 Å². The minimum absolute atomic E-state index is 0.0308. The number of hydrogen-bond donors (Lipinski definition) is 1. The standard InChI is InChI=1S/C14H11N7O2/c1-9-6-13(22)17-18-14(9)10-2-4-12(5-3-10)21(20-23)19-11(7-15)8-16/h2-5,9H,6H2,1H3,(H,17,22)/t9-/m1/s1. The number of rotatable bonds is 4. The van der Waals surface area contributed by atoms with Crippen LogP contribution in [-0.4, -0.2) is 17.3 Å². The van der Waals surface area contributed by atoms with Gasteiger partial charge in [-0.2, -0.15) is 15.6 Å². The molecule has 1 aliphatic rings. The number of hydrogen-bond acceptors (Lipinski definition) is 7. The van der Waals surface area contributed by atoms with Gasteiger partial charge in [-0.1, -0.05) is 19.1 Å². The minimum atomic E-state index is -0.485. The predicted octanol–water partition coefficient (Wildman–Crippen LogP) is 1.44. The summed E-state index contributed by atoms with van der Waals surface area (Å²) in [6.45, 7) is 1.89. The van der Waals surface area contributed by atoms with Gasteiger partial charge in [-0.05, 0) is 17.7 Å². The van der Waals surface area contributed by atoms with Crippen molar-refractivity contribution in [2.45, 2.75) is 13.3 Å². The molecule has 0 saturated carbocycles. The maximum atomic E-state index is 11.3. The Labute approximate surface area is 131 Å². The van der Waals surface area contributed by atoms with E-state index in [0.717, 1.165) is 11.3 Å². The molecular formula is C14H11N7O2. The first kappa shape index (κ1) is 15.8. The Morgan fingerprint density at radius 1 is 1.35 bits per heavy atom. The van der Waals surface area contributed by atoms with Crippen LogP contribution in [0.1, 0.15) is 18.9 Å². The third kappa shape index (κ3) is 3.54. The number of nitroso groups, excluding NO2 is 1. The summed E-state index contributed by atoms with van der Waals surface area (Å²) in [5.41, 5.74) is 3.73. The SMILES string of the molecule is C[C@@H]1CC(=O)NN=C1c1ccc(N(N=O)N=C(C#N)C#N)cc1. The fraction of sp³-hybridized carbons (Fsp3) is 0.214. The molecule has 0 bridgehead atoms. The maximum Gasteiger partial charge on any atom is 0.240 e. The smallest absolute Gasteiger partial charge is 0.240 e. The molecule has 0 radical (unpaired) electrons. The number of carbonyl (C=O) groups is 1. The first-order chi connectivity index (χ1) is 11.1. The molecule has 0 saturated heterocycles. The van der Waals surface area contributed by atoms with Crippen LogP contribution in [0.15, 0.2) is 39.8 Å². The molecule has 0 unspecified atom stereocenters. The number of benzene rings is 1. The molecule has 9 nitrogen and oxygen atoms in total. The van der Waals surface area contributed by atoms with Crippen molar-refractivity contribution >= 4 is 23.0 Å². The molecule has 1 aliphatic heterocycles. The number of nitrogens with one attached hydrogen (secondary N) is 1. The van der Waals surface area contributed by atoms with E-state index in [1.807, 2.05) is 6.92 Å². The van der Waals surface area contributed by atoms with Crippen LogP contribution in [0.4, 0.5) is 5.69 Å². The largest absolute Gasteiger partial charge is 0.273 e. The second-order valence-corrected chi connectivity index (χ2v) is 4.73. The van der Waals surface area contributed by atoms with Gasteiger partial charge in [0.25, 0.3) is 0 Å². The fourth-order valence-corrected chi connectivity index (χ4v) is 2.06. The van der Waals surface area contributed by atoms with Crippen molar-refractivity contribution in [1.82, 2.24) is 5.43 Å². The highest BCUT2D eigenvalue weighted by atomic mass is 16.3. The summed E-state index contributed by atoms with van der Waals surface area (Å²) in [5.74, 6) is -0.166. The lowest BCUT2D eigenvalue weighted by molar-refractivity contribution is -0.121. The number of amides is 1. The van der Waals surface area contributed by atoms with Crippen LogP contribution in [0.5, 0.6) is 0 Å². The number of nitriles is 2. The molecule has 0 aromatic heterocycles. The monoisotopic (exact) mass is 309 g/mol. The van der Waals surface area contributed by atoms with E-state index in [1.165, 1.54) is 0 Å². The van der Waals surface area contributed by atoms with Gasteiger partial charge in [0.1, 0.15) is 12.1 Å². The van der Waals surface area contributed by atoms with E-state index in [4.69, 9.17) is 10.5 Å². The van der Waals surface area contributed by atoms with Crippen LogP contribution < -0.4 is 10.5 Å². The molecule has 1 amide bonds. The van der Waals surface area contributed by atoms with E-state index in [9.17, 15) is 9.70 Å². The van der Waals surface area contributed by atoms with E-state index in [2.05, 4.69) is 20.9 Å². The van der Waals surface area contributed by atoms with Gasteiger partial charge >= 0.3 is 0 Å². The second-order valence-electron chi connectivity index (χ2n) is 4.73. The number of hydrazone groups is 2. The van der Waals surface area contributed by atoms with E-state index >= 15 is 0 Å². The Bertz CT molecular complexity index is 752. The lowest BCUT2D eigenvalue weighted by atomic mass is 9.94. The Kier molecular flexibility index (Phi) is 4.75. The average Bonchev–Trinajstić information content (AvgIpc) is 2.56. The van der Waals surface area contributed by atoms with Crippen molar-refractivity contribution in [2.75, 3.05) is 5.12 Å². The quantitative estimate of drug-likeness (QED) is 0.510. The van der Waals surface area contributed by atoms with Crippen LogP contribution in [0, 0.1) is 33.5 Å². The van der Waals surface area contributed by atoms with Crippen molar-refractivity contribution in [3.05, 3.63) is 34.7 Å². The highest BCUT2D eigenvalue weighted by molar-refractivity contribution is 6.10. The van der Waals surface area contributed by atoms with Gasteiger partial charge in [0.05, 0.1) is 16.7 Å². The first-order valence-corrected chi connectivity index (χ1v) is 6.58. The molecule has 23 heavy (non-hydrogen) atoms. The van der Waals surface area contributed by atoms with Gasteiger partial charge in [-0.15, -0.1) is 15.1 Å². The van der Waals surface area contributed by atoms with Gasteiger partial charge in [0, 0.05) is 12.3 Å². The van der Waals surface area contributed by atoms with Gasteiger partial charge < -0.3 is 0 Å². The van der Waals surface area contributed by atoms with E-state index in [1.54, 1.807) is 36.4 Å². The molecule has 0 fully saturated rings. The molecule has 0 aliphatic carbocycles. The van der Waals surface area contributed by atoms with Crippen molar-refractivity contribution in [3.63, 3.8) is 0 Å². The number of anilines is 1. The normalized spacial score (nSPS) is 16.2. The lowest BCUT2D eigenvalue weighted by Crippen LogP contribution is -2.31. The van der Waals surface area contributed by atoms with Crippen LogP contribution >= 0.6 is 0 Å². The molecule has 0 spiro atoms. The number of nitrogens with zero attached hydrogens (tertiary/aromatic N) is 6. The van der Waals surface area contributed by atoms with E-state index < -0.39 is 5.71 Å². The van der Waals surface area contributed by atoms with Crippen molar-refractivity contribution < 1.29 is 4.79 Å². The van der Waals surface area contributed by atoms with Crippen LogP contribution in [0.2, 0.25) is 0 Å². The van der Waals surface area contributed by atoms with Gasteiger partial charge in [-0.25, -0.2) is 5.43 Å². The average molecular weight is 309 g/mol. The molecule has 114 valence electrons. The van der Waals surface area contributed by atoms with E-state index in [-0.39, 0.29) is 11.8 Å². The number of carbonyl (C=O) groups excluding carboxylic acids is 1. The Morgan fingerprint density at radius 2 is 2.00 bits per heavy atom. The van der Waals surface area contributed by atoms with Crippen LogP contribution in [-0.2, 0) is 4.79 Å². The highest BCUT2D eigenvalue weighted by Gasteiger charge is 2.21. The third-order valence-electron chi connectivity index (χ3n) is 3.14. The summed E-state index contributed by atoms with van der Waals surface area (Å²) in [7, 11) is 0. The van der Waals surface area contributed by atoms with E-state index in [0.29, 0.717) is 17.2 Å². The first-order valence-electron chi connectivity index (χ1n) is 6.58. The Balaban J connectivity index is 2.27. The topological polar surface area (TPSA) is 134 Å². The van der Waals surface area contributed by atoms with Crippen LogP contribution in [0.3, 0.4) is 0 Å². The summed E-state index contributed by atoms with van der Waals surface area (Å²) in [6.07, 6.45) is 0.348. The van der Waals surface area contributed by atoms with Crippen molar-refractivity contribution in [3.8, 4) is 12.1 Å². The van der Waals surface area contributed by atoms with Crippen molar-refractivity contribution in [1.29, 1.82) is 10.5 Å². The van der Waals surface area contributed by atoms with Crippen molar-refractivity contribution in [2.24, 2.45) is 21.4 Å². The fourth-order valence-electron chi connectivity index (χ4n) is 2.06. The minimum Gasteiger partial charge on any atom is -0.273 e. The molecule has 2 rings (SSSR count). The molecule has 1 aromatic carbocycles. The lowest BCUT2D eigenvalue weighted by Gasteiger charge is -2.19. The molecule has 1 N–H and O–H groups in total. The highest BCUT2D eigenvalue weighted by Crippen LogP contribution is 2.21.